The number of benzene rings is 1. The Bertz CT molecular complexity index is 856. The molecule has 13 heteroatoms. The molecule has 0 saturated carbocycles. The lowest BCUT2D eigenvalue weighted by molar-refractivity contribution is -0.384. The lowest BCUT2D eigenvalue weighted by Gasteiger charge is -2.16. The fraction of sp³-hybridized carbons (Fsp3) is 0.438. The summed E-state index contributed by atoms with van der Waals surface area (Å²) in [6, 6.07) is 1.35. The Labute approximate surface area is 162 Å². The second-order valence-corrected chi connectivity index (χ2v) is 6.71. The van der Waals surface area contributed by atoms with E-state index < -0.39 is 52.3 Å². The molecular formula is C16H18F3N5O5. The summed E-state index contributed by atoms with van der Waals surface area (Å²) >= 11 is 0. The van der Waals surface area contributed by atoms with Gasteiger partial charge in [0.1, 0.15) is 17.8 Å². The van der Waals surface area contributed by atoms with Gasteiger partial charge in [-0.2, -0.15) is 13.2 Å². The van der Waals surface area contributed by atoms with E-state index >= 15 is 0 Å². The minimum Gasteiger partial charge on any atom is -0.378 e. The van der Waals surface area contributed by atoms with Crippen LogP contribution in [0.3, 0.4) is 0 Å². The third-order valence-electron chi connectivity index (χ3n) is 4.03. The summed E-state index contributed by atoms with van der Waals surface area (Å²) in [6.07, 6.45) is -4.72. The maximum Gasteiger partial charge on any atom is 0.416 e. The Kier molecular flexibility index (Phi) is 5.99. The fourth-order valence-electron chi connectivity index (χ4n) is 2.57. The van der Waals surface area contributed by atoms with Gasteiger partial charge >= 0.3 is 12.2 Å². The molecule has 0 radical (unpaired) electrons. The molecule has 2 rings (SSSR count). The summed E-state index contributed by atoms with van der Waals surface area (Å²) in [5, 5.41) is 18.4. The van der Waals surface area contributed by atoms with Crippen LogP contribution in [0.1, 0.15) is 19.4 Å². The predicted molar refractivity (Wildman–Crippen MR) is 93.9 cm³/mol. The molecule has 0 aliphatic carbocycles. The zero-order valence-electron chi connectivity index (χ0n) is 15.4. The van der Waals surface area contributed by atoms with Crippen molar-refractivity contribution in [3.8, 4) is 0 Å². The number of amides is 4. The molecule has 1 aromatic carbocycles. The van der Waals surface area contributed by atoms with Crippen LogP contribution in [-0.2, 0) is 15.8 Å². The summed E-state index contributed by atoms with van der Waals surface area (Å²) < 4.78 is 38.0. The first-order valence-electron chi connectivity index (χ1n) is 8.33. The molecule has 1 aromatic rings. The normalized spacial score (nSPS) is 15.8. The highest BCUT2D eigenvalue weighted by atomic mass is 19.4. The molecule has 3 N–H and O–H groups in total. The van der Waals surface area contributed by atoms with Crippen molar-refractivity contribution in [1.29, 1.82) is 0 Å². The van der Waals surface area contributed by atoms with Crippen LogP contribution in [0.15, 0.2) is 18.2 Å². The van der Waals surface area contributed by atoms with Gasteiger partial charge in [-0.15, -0.1) is 0 Å². The number of anilines is 1. The Morgan fingerprint density at radius 3 is 2.45 bits per heavy atom. The lowest BCUT2D eigenvalue weighted by Crippen LogP contribution is -2.43. The van der Waals surface area contributed by atoms with E-state index in [1.807, 2.05) is 0 Å². The predicted octanol–water partition coefficient (Wildman–Crippen LogP) is 1.47. The van der Waals surface area contributed by atoms with Crippen molar-refractivity contribution in [3.05, 3.63) is 33.9 Å². The first-order valence-corrected chi connectivity index (χ1v) is 8.33. The van der Waals surface area contributed by atoms with Gasteiger partial charge in [-0.1, -0.05) is 0 Å². The molecule has 1 aliphatic heterocycles. The highest BCUT2D eigenvalue weighted by molar-refractivity contribution is 6.08. The number of urea groups is 1. The van der Waals surface area contributed by atoms with E-state index in [-0.39, 0.29) is 18.8 Å². The third-order valence-corrected chi connectivity index (χ3v) is 4.03. The Morgan fingerprint density at radius 1 is 1.28 bits per heavy atom. The Balaban J connectivity index is 1.89. The second-order valence-electron chi connectivity index (χ2n) is 6.71. The third kappa shape index (κ3) is 5.12. The van der Waals surface area contributed by atoms with Gasteiger partial charge < -0.3 is 16.0 Å². The number of nitro groups is 1. The fourth-order valence-corrected chi connectivity index (χ4v) is 2.57. The van der Waals surface area contributed by atoms with E-state index in [1.54, 1.807) is 0 Å². The van der Waals surface area contributed by atoms with E-state index in [1.165, 1.54) is 13.8 Å². The molecule has 0 bridgehead atoms. The molecule has 1 saturated heterocycles. The largest absolute Gasteiger partial charge is 0.416 e. The topological polar surface area (TPSA) is 134 Å². The van der Waals surface area contributed by atoms with Crippen LogP contribution < -0.4 is 16.0 Å². The molecule has 1 fully saturated rings. The molecule has 1 heterocycles. The van der Waals surface area contributed by atoms with E-state index in [2.05, 4.69) is 16.0 Å². The summed E-state index contributed by atoms with van der Waals surface area (Å²) in [5.41, 5.74) is -3.17. The van der Waals surface area contributed by atoms with Crippen LogP contribution in [-0.4, -0.2) is 52.8 Å². The number of carbonyl (C=O) groups is 3. The smallest absolute Gasteiger partial charge is 0.378 e. The van der Waals surface area contributed by atoms with Gasteiger partial charge in [0.25, 0.3) is 11.6 Å². The summed E-state index contributed by atoms with van der Waals surface area (Å²) in [7, 11) is 0. The Hall–Kier alpha value is -3.38. The van der Waals surface area contributed by atoms with Gasteiger partial charge in [-0.05, 0) is 26.0 Å². The van der Waals surface area contributed by atoms with E-state index in [9.17, 15) is 37.7 Å². The minimum atomic E-state index is -4.72. The first-order chi connectivity index (χ1) is 13.3. The minimum absolute atomic E-state index is 0.0381. The van der Waals surface area contributed by atoms with Crippen molar-refractivity contribution in [1.82, 2.24) is 15.5 Å². The van der Waals surface area contributed by atoms with Crippen LogP contribution in [0, 0.1) is 10.1 Å². The SMILES string of the molecule is CC1(C)NC(=O)N(CC(=O)NCCNc2ccc(C(F)(F)F)cc2[N+](=O)[O-])C1=O. The molecule has 158 valence electrons. The van der Waals surface area contributed by atoms with E-state index in [0.717, 1.165) is 11.0 Å². The monoisotopic (exact) mass is 417 g/mol. The first kappa shape index (κ1) is 21.9. The van der Waals surface area contributed by atoms with Gasteiger partial charge in [0.05, 0.1) is 10.5 Å². The zero-order chi connectivity index (χ0) is 22.0. The quantitative estimate of drug-likeness (QED) is 0.266. The average Bonchev–Trinajstić information content (AvgIpc) is 2.79. The number of rotatable bonds is 7. The van der Waals surface area contributed by atoms with Crippen molar-refractivity contribution in [3.63, 3.8) is 0 Å². The number of nitro benzene ring substituents is 1. The standard InChI is InChI=1S/C16H18F3N5O5/c1-15(2)13(26)23(14(27)22-15)8-12(25)21-6-5-20-10-4-3-9(16(17,18)19)7-11(10)24(28)29/h3-4,7,20H,5-6,8H2,1-2H3,(H,21,25)(H,22,27). The second kappa shape index (κ2) is 7.93. The number of hydrogen-bond acceptors (Lipinski definition) is 6. The number of nitrogens with zero attached hydrogens (tertiary/aromatic N) is 2. The Morgan fingerprint density at radius 2 is 1.93 bits per heavy atom. The van der Waals surface area contributed by atoms with Crippen LogP contribution in [0.25, 0.3) is 0 Å². The number of imide groups is 1. The van der Waals surface area contributed by atoms with Crippen molar-refractivity contribution in [2.75, 3.05) is 25.0 Å². The highest BCUT2D eigenvalue weighted by Gasteiger charge is 2.44. The molecule has 0 atom stereocenters. The van der Waals surface area contributed by atoms with Gasteiger partial charge in [0.15, 0.2) is 0 Å². The molecule has 29 heavy (non-hydrogen) atoms. The van der Waals surface area contributed by atoms with Crippen LogP contribution >= 0.6 is 0 Å². The molecule has 4 amide bonds. The number of hydrogen-bond donors (Lipinski definition) is 3. The number of nitrogens with one attached hydrogen (secondary N) is 3. The number of carbonyl (C=O) groups excluding carboxylic acids is 3. The average molecular weight is 417 g/mol. The summed E-state index contributed by atoms with van der Waals surface area (Å²) in [5.74, 6) is -1.20. The van der Waals surface area contributed by atoms with Crippen LogP contribution in [0.4, 0.5) is 29.3 Å². The zero-order valence-corrected chi connectivity index (χ0v) is 15.4. The molecule has 0 spiro atoms. The molecule has 1 aliphatic rings. The molecular weight excluding hydrogens is 399 g/mol. The number of alkyl halides is 3. The maximum atomic E-state index is 12.7. The van der Waals surface area contributed by atoms with E-state index in [0.29, 0.717) is 12.1 Å². The van der Waals surface area contributed by atoms with Crippen molar-refractivity contribution in [2.24, 2.45) is 0 Å². The van der Waals surface area contributed by atoms with Gasteiger partial charge in [-0.25, -0.2) is 4.79 Å². The van der Waals surface area contributed by atoms with Crippen molar-refractivity contribution < 1.29 is 32.5 Å². The maximum absolute atomic E-state index is 12.7. The summed E-state index contributed by atoms with van der Waals surface area (Å²) in [6.45, 7) is 2.39. The lowest BCUT2D eigenvalue weighted by atomic mass is 10.1. The summed E-state index contributed by atoms with van der Waals surface area (Å²) in [4.78, 5) is 46.4. The molecule has 10 nitrogen and oxygen atoms in total. The highest BCUT2D eigenvalue weighted by Crippen LogP contribution is 2.34. The van der Waals surface area contributed by atoms with E-state index in [4.69, 9.17) is 0 Å². The van der Waals surface area contributed by atoms with Crippen LogP contribution in [0.5, 0.6) is 0 Å². The van der Waals surface area contributed by atoms with Gasteiger partial charge in [0, 0.05) is 19.2 Å². The van der Waals surface area contributed by atoms with Crippen LogP contribution in [0.2, 0.25) is 0 Å². The molecule has 0 aromatic heterocycles. The van der Waals surface area contributed by atoms with Gasteiger partial charge in [-0.3, -0.25) is 24.6 Å². The van der Waals surface area contributed by atoms with Crippen molar-refractivity contribution >= 4 is 29.2 Å². The van der Waals surface area contributed by atoms with Crippen molar-refractivity contribution in [2.45, 2.75) is 25.6 Å². The molecule has 0 unspecified atom stereocenters. The number of halogens is 3. The van der Waals surface area contributed by atoms with Gasteiger partial charge in [0.2, 0.25) is 5.91 Å².